The van der Waals surface area contributed by atoms with Crippen LogP contribution in [0.1, 0.15) is 22.3 Å². The average Bonchev–Trinajstić information content (AvgIpc) is 3.87. The van der Waals surface area contributed by atoms with Gasteiger partial charge >= 0.3 is 0 Å². The molecule has 0 bridgehead atoms. The van der Waals surface area contributed by atoms with Gasteiger partial charge in [0.2, 0.25) is 0 Å². The van der Waals surface area contributed by atoms with E-state index >= 15 is 0 Å². The van der Waals surface area contributed by atoms with Crippen molar-refractivity contribution in [2.75, 3.05) is 9.80 Å². The molecule has 2 aromatic heterocycles. The number of anilines is 6. The zero-order chi connectivity index (χ0) is 42.8. The summed E-state index contributed by atoms with van der Waals surface area (Å²) < 4.78 is 13.3. The summed E-state index contributed by atoms with van der Waals surface area (Å²) in [5.74, 6) is 0. The van der Waals surface area contributed by atoms with Crippen LogP contribution < -0.4 is 9.80 Å². The van der Waals surface area contributed by atoms with Gasteiger partial charge < -0.3 is 18.6 Å². The number of rotatable bonds is 6. The standard InChI is InChI=1S/C60H42N2O2/c1-35-23-36(2)26-45(25-35)61(55-15-9-13-49-47-11-5-7-17-57(47)63-59(49)55)43-21-19-39-31-51-52-32-40-20-22-44(30-42(40)34-54(52)53(51)33-41(39)29-43)62(46-27-37(3)24-38(4)28-46)56-16-10-14-50-48-12-6-8-18-58(48)64-60(50)56/h5-34H,1-4H3. The lowest BCUT2D eigenvalue weighted by atomic mass is 9.78. The molecule has 2 heterocycles. The molecule has 0 spiro atoms. The number of hydrogen-bond acceptors (Lipinski definition) is 4. The largest absolute Gasteiger partial charge is 0.454 e. The molecule has 4 nitrogen and oxygen atoms in total. The molecule has 13 rings (SSSR count). The summed E-state index contributed by atoms with van der Waals surface area (Å²) >= 11 is 0. The van der Waals surface area contributed by atoms with Crippen molar-refractivity contribution in [2.45, 2.75) is 27.7 Å². The van der Waals surface area contributed by atoms with Gasteiger partial charge in [-0.05, 0) is 191 Å². The molecule has 0 atom stereocenters. The van der Waals surface area contributed by atoms with Gasteiger partial charge in [0.05, 0.1) is 11.4 Å². The summed E-state index contributed by atoms with van der Waals surface area (Å²) in [6.45, 7) is 8.68. The smallest absolute Gasteiger partial charge is 0.159 e. The Balaban J connectivity index is 0.942. The minimum Gasteiger partial charge on any atom is -0.454 e. The monoisotopic (exact) mass is 822 g/mol. The Morgan fingerprint density at radius 1 is 0.297 bits per heavy atom. The lowest BCUT2D eigenvalue weighted by molar-refractivity contribution is 0.668. The van der Waals surface area contributed by atoms with E-state index in [0.717, 1.165) is 78.0 Å². The van der Waals surface area contributed by atoms with Crippen molar-refractivity contribution in [3.63, 3.8) is 0 Å². The van der Waals surface area contributed by atoms with Crippen LogP contribution in [0, 0.1) is 27.7 Å². The molecule has 10 aromatic carbocycles. The second-order valence-electron chi connectivity index (χ2n) is 17.7. The molecule has 0 amide bonds. The maximum atomic E-state index is 6.64. The van der Waals surface area contributed by atoms with Gasteiger partial charge in [0.25, 0.3) is 0 Å². The summed E-state index contributed by atoms with van der Waals surface area (Å²) in [6, 6.07) is 66.4. The van der Waals surface area contributed by atoms with Crippen LogP contribution in [0.2, 0.25) is 0 Å². The molecule has 64 heavy (non-hydrogen) atoms. The molecule has 0 N–H and O–H groups in total. The number of para-hydroxylation sites is 4. The van der Waals surface area contributed by atoms with Gasteiger partial charge in [0.1, 0.15) is 11.2 Å². The topological polar surface area (TPSA) is 32.8 Å². The average molecular weight is 823 g/mol. The predicted octanol–water partition coefficient (Wildman–Crippen LogP) is 17.6. The van der Waals surface area contributed by atoms with Gasteiger partial charge in [-0.2, -0.15) is 0 Å². The summed E-state index contributed by atoms with van der Waals surface area (Å²) in [6.07, 6.45) is 0. The van der Waals surface area contributed by atoms with Crippen molar-refractivity contribution in [1.82, 2.24) is 0 Å². The Bertz CT molecular complexity index is 3630. The van der Waals surface area contributed by atoms with E-state index in [-0.39, 0.29) is 0 Å². The number of aryl methyl sites for hydroxylation is 4. The molecule has 0 saturated carbocycles. The van der Waals surface area contributed by atoms with E-state index < -0.39 is 0 Å². The van der Waals surface area contributed by atoms with Crippen molar-refractivity contribution < 1.29 is 8.83 Å². The Hall–Kier alpha value is -8.08. The highest BCUT2D eigenvalue weighted by Gasteiger charge is 2.26. The van der Waals surface area contributed by atoms with Gasteiger partial charge in [0.15, 0.2) is 11.2 Å². The lowest BCUT2D eigenvalue weighted by Gasteiger charge is -2.29. The summed E-state index contributed by atoms with van der Waals surface area (Å²) in [5.41, 5.74) is 20.0. The Labute approximate surface area is 370 Å². The summed E-state index contributed by atoms with van der Waals surface area (Å²) in [7, 11) is 0. The van der Waals surface area contributed by atoms with Crippen molar-refractivity contribution in [1.29, 1.82) is 0 Å². The first-order valence-electron chi connectivity index (χ1n) is 22.1. The number of fused-ring (bicyclic) bond motifs is 12. The first-order chi connectivity index (χ1) is 31.3. The lowest BCUT2D eigenvalue weighted by Crippen LogP contribution is -2.11. The molecule has 0 fully saturated rings. The molecule has 1 aliphatic rings. The number of furan rings is 2. The van der Waals surface area contributed by atoms with E-state index in [2.05, 4.69) is 207 Å². The van der Waals surface area contributed by atoms with Gasteiger partial charge in [-0.1, -0.05) is 84.9 Å². The number of nitrogens with zero attached hydrogens (tertiary/aromatic N) is 2. The van der Waals surface area contributed by atoms with Crippen LogP contribution in [0.4, 0.5) is 34.1 Å². The molecule has 1 aliphatic carbocycles. The van der Waals surface area contributed by atoms with Crippen LogP contribution in [-0.4, -0.2) is 0 Å². The first kappa shape index (κ1) is 36.6. The van der Waals surface area contributed by atoms with E-state index in [4.69, 9.17) is 8.83 Å². The highest BCUT2D eigenvalue weighted by Crippen LogP contribution is 2.52. The van der Waals surface area contributed by atoms with E-state index in [1.54, 1.807) is 0 Å². The molecule has 0 saturated heterocycles. The van der Waals surface area contributed by atoms with Gasteiger partial charge in [0, 0.05) is 44.3 Å². The Morgan fingerprint density at radius 2 is 0.672 bits per heavy atom. The van der Waals surface area contributed by atoms with Gasteiger partial charge in [-0.3, -0.25) is 0 Å². The third kappa shape index (κ3) is 5.62. The maximum absolute atomic E-state index is 6.64. The molecule has 12 aromatic rings. The minimum atomic E-state index is 0.880. The molecule has 0 unspecified atom stereocenters. The first-order valence-corrected chi connectivity index (χ1v) is 22.1. The van der Waals surface area contributed by atoms with E-state index in [1.165, 1.54) is 66.1 Å². The van der Waals surface area contributed by atoms with E-state index in [1.807, 2.05) is 12.1 Å². The van der Waals surface area contributed by atoms with Crippen molar-refractivity contribution >= 4 is 99.5 Å². The van der Waals surface area contributed by atoms with E-state index in [9.17, 15) is 0 Å². The number of hydrogen-bond donors (Lipinski definition) is 0. The fourth-order valence-corrected chi connectivity index (χ4v) is 10.5. The third-order valence-electron chi connectivity index (χ3n) is 13.2. The summed E-state index contributed by atoms with van der Waals surface area (Å²) in [5, 5.41) is 9.29. The Morgan fingerprint density at radius 3 is 1.09 bits per heavy atom. The Kier molecular flexibility index (Phi) is 7.83. The second-order valence-corrected chi connectivity index (χ2v) is 17.7. The van der Waals surface area contributed by atoms with Crippen LogP contribution >= 0.6 is 0 Å². The van der Waals surface area contributed by atoms with Crippen molar-refractivity contribution in [3.05, 3.63) is 204 Å². The quantitative estimate of drug-likeness (QED) is 0.167. The van der Waals surface area contributed by atoms with Crippen LogP contribution in [-0.2, 0) is 0 Å². The fourth-order valence-electron chi connectivity index (χ4n) is 10.5. The molecular formula is C60H42N2O2. The van der Waals surface area contributed by atoms with Gasteiger partial charge in [-0.15, -0.1) is 0 Å². The predicted molar refractivity (Wildman–Crippen MR) is 269 cm³/mol. The zero-order valence-corrected chi connectivity index (χ0v) is 36.0. The SMILES string of the molecule is Cc1cc(C)cc(N(c2ccc3cc4c(cc3c2)-c2cc3cc(N(c5cc(C)cc(C)c5)c5cccc6c5oc5ccccc56)ccc3cc2-4)c2cccc3c2oc2ccccc23)c1. The van der Waals surface area contributed by atoms with Crippen LogP contribution in [0.3, 0.4) is 0 Å². The zero-order valence-electron chi connectivity index (χ0n) is 36.0. The fraction of sp³-hybridized carbons (Fsp3) is 0.0667. The summed E-state index contributed by atoms with van der Waals surface area (Å²) in [4.78, 5) is 4.72. The van der Waals surface area contributed by atoms with Crippen LogP contribution in [0.15, 0.2) is 191 Å². The van der Waals surface area contributed by atoms with Crippen molar-refractivity contribution in [2.24, 2.45) is 0 Å². The van der Waals surface area contributed by atoms with Crippen LogP contribution in [0.25, 0.3) is 87.7 Å². The molecule has 0 aliphatic heterocycles. The second kappa shape index (κ2) is 13.7. The number of benzene rings is 10. The highest BCUT2D eigenvalue weighted by atomic mass is 16.3. The third-order valence-corrected chi connectivity index (χ3v) is 13.2. The maximum Gasteiger partial charge on any atom is 0.159 e. The van der Waals surface area contributed by atoms with Crippen LogP contribution in [0.5, 0.6) is 0 Å². The van der Waals surface area contributed by atoms with E-state index in [0.29, 0.717) is 0 Å². The minimum absolute atomic E-state index is 0.880. The normalized spacial score (nSPS) is 12.1. The van der Waals surface area contributed by atoms with Crippen molar-refractivity contribution in [3.8, 4) is 22.3 Å². The molecular weight excluding hydrogens is 781 g/mol. The molecule has 304 valence electrons. The van der Waals surface area contributed by atoms with Gasteiger partial charge in [-0.25, -0.2) is 0 Å². The highest BCUT2D eigenvalue weighted by molar-refractivity contribution is 6.15. The molecule has 4 heteroatoms. The molecule has 0 radical (unpaired) electrons.